The van der Waals surface area contributed by atoms with Gasteiger partial charge in [-0.15, -0.1) is 13.2 Å². The minimum Gasteiger partial charge on any atom is -0.404 e. The highest BCUT2D eigenvalue weighted by atomic mass is 19.4. The van der Waals surface area contributed by atoms with Crippen LogP contribution in [0, 0.1) is 0 Å². The standard InChI is InChI=1S/C24H22F3N5O4/c25-24(26,27)36-20-7-6-17(12-18(20)30-22(33)15-32-8-10-35-11-9-32)23(34)31-21-14-28-19(13-29-21)16-4-2-1-3-5-16/h1-7,12-14H,8-11,15H2,(H,30,33)(H,29,31,34). The summed E-state index contributed by atoms with van der Waals surface area (Å²) in [6.07, 6.45) is -2.13. The molecule has 2 N–H and O–H groups in total. The number of amides is 2. The summed E-state index contributed by atoms with van der Waals surface area (Å²) >= 11 is 0. The third kappa shape index (κ3) is 6.99. The molecule has 12 heteroatoms. The zero-order valence-corrected chi connectivity index (χ0v) is 18.9. The Balaban J connectivity index is 1.48. The molecule has 2 aromatic carbocycles. The number of halogens is 3. The van der Waals surface area contributed by atoms with E-state index in [2.05, 4.69) is 25.3 Å². The molecule has 2 amide bonds. The Hall–Kier alpha value is -4.03. The zero-order valence-electron chi connectivity index (χ0n) is 18.9. The van der Waals surface area contributed by atoms with Gasteiger partial charge in [0.1, 0.15) is 0 Å². The molecule has 1 fully saturated rings. The second-order valence-electron chi connectivity index (χ2n) is 7.80. The number of morpholine rings is 1. The Labute approximate surface area is 204 Å². The van der Waals surface area contributed by atoms with Crippen molar-refractivity contribution in [1.29, 1.82) is 0 Å². The van der Waals surface area contributed by atoms with Gasteiger partial charge in [-0.3, -0.25) is 19.5 Å². The van der Waals surface area contributed by atoms with E-state index in [0.29, 0.717) is 32.0 Å². The molecule has 188 valence electrons. The van der Waals surface area contributed by atoms with Crippen molar-refractivity contribution in [3.63, 3.8) is 0 Å². The number of alkyl halides is 3. The molecule has 0 unspecified atom stereocenters. The third-order valence-electron chi connectivity index (χ3n) is 5.18. The van der Waals surface area contributed by atoms with E-state index in [-0.39, 0.29) is 23.6 Å². The number of benzene rings is 2. The average Bonchev–Trinajstić information content (AvgIpc) is 2.86. The molecule has 1 aliphatic rings. The SMILES string of the molecule is O=C(CN1CCOCC1)Nc1cc(C(=O)Nc2cnc(-c3ccccc3)cn2)ccc1OC(F)(F)F. The number of carbonyl (C=O) groups is 2. The largest absolute Gasteiger partial charge is 0.573 e. The van der Waals surface area contributed by atoms with Crippen molar-refractivity contribution < 1.29 is 32.2 Å². The van der Waals surface area contributed by atoms with Crippen LogP contribution in [0.1, 0.15) is 10.4 Å². The van der Waals surface area contributed by atoms with Crippen LogP contribution in [0.4, 0.5) is 24.7 Å². The Kier molecular flexibility index (Phi) is 7.76. The quantitative estimate of drug-likeness (QED) is 0.510. The number of hydrogen-bond acceptors (Lipinski definition) is 7. The van der Waals surface area contributed by atoms with Gasteiger partial charge in [0.15, 0.2) is 11.6 Å². The summed E-state index contributed by atoms with van der Waals surface area (Å²) in [5.74, 6) is -1.70. The molecule has 0 saturated carbocycles. The van der Waals surface area contributed by atoms with Gasteiger partial charge in [-0.05, 0) is 18.2 Å². The number of rotatable bonds is 7. The predicted molar refractivity (Wildman–Crippen MR) is 124 cm³/mol. The monoisotopic (exact) mass is 501 g/mol. The summed E-state index contributed by atoms with van der Waals surface area (Å²) in [6, 6.07) is 12.5. The minimum atomic E-state index is -4.98. The fourth-order valence-electron chi connectivity index (χ4n) is 3.47. The molecule has 1 aliphatic heterocycles. The van der Waals surface area contributed by atoms with E-state index in [1.165, 1.54) is 12.4 Å². The van der Waals surface area contributed by atoms with Crippen molar-refractivity contribution in [3.8, 4) is 17.0 Å². The number of carbonyl (C=O) groups excluding carboxylic acids is 2. The van der Waals surface area contributed by atoms with E-state index in [1.54, 1.807) is 4.90 Å². The summed E-state index contributed by atoms with van der Waals surface area (Å²) in [5, 5.41) is 4.95. The fourth-order valence-corrected chi connectivity index (χ4v) is 3.47. The smallest absolute Gasteiger partial charge is 0.404 e. The van der Waals surface area contributed by atoms with Crippen LogP contribution in [-0.4, -0.2) is 65.9 Å². The zero-order chi connectivity index (χ0) is 25.5. The highest BCUT2D eigenvalue weighted by molar-refractivity contribution is 6.05. The van der Waals surface area contributed by atoms with Gasteiger partial charge in [-0.1, -0.05) is 30.3 Å². The van der Waals surface area contributed by atoms with Crippen LogP contribution < -0.4 is 15.4 Å². The first-order valence-electron chi connectivity index (χ1n) is 11.0. The van der Waals surface area contributed by atoms with Gasteiger partial charge in [0.2, 0.25) is 5.91 Å². The molecular weight excluding hydrogens is 479 g/mol. The van der Waals surface area contributed by atoms with Crippen molar-refractivity contribution in [2.75, 3.05) is 43.5 Å². The first-order chi connectivity index (χ1) is 17.3. The van der Waals surface area contributed by atoms with Crippen LogP contribution in [0.5, 0.6) is 5.75 Å². The first-order valence-corrected chi connectivity index (χ1v) is 11.0. The maximum absolute atomic E-state index is 12.9. The normalized spacial score (nSPS) is 14.2. The minimum absolute atomic E-state index is 0.0138. The number of ether oxygens (including phenoxy) is 2. The van der Waals surface area contributed by atoms with Crippen molar-refractivity contribution in [1.82, 2.24) is 14.9 Å². The van der Waals surface area contributed by atoms with E-state index < -0.39 is 23.9 Å². The lowest BCUT2D eigenvalue weighted by Gasteiger charge is -2.26. The lowest BCUT2D eigenvalue weighted by Crippen LogP contribution is -2.41. The van der Waals surface area contributed by atoms with Crippen molar-refractivity contribution in [3.05, 3.63) is 66.5 Å². The van der Waals surface area contributed by atoms with E-state index in [1.807, 2.05) is 30.3 Å². The van der Waals surface area contributed by atoms with Crippen LogP contribution in [-0.2, 0) is 9.53 Å². The summed E-state index contributed by atoms with van der Waals surface area (Å²) in [6.45, 7) is 1.91. The van der Waals surface area contributed by atoms with Crippen molar-refractivity contribution in [2.45, 2.75) is 6.36 Å². The molecule has 4 rings (SSSR count). The Morgan fingerprint density at radius 1 is 1.00 bits per heavy atom. The van der Waals surface area contributed by atoms with Crippen molar-refractivity contribution >= 4 is 23.3 Å². The molecule has 3 aromatic rings. The fraction of sp³-hybridized carbons (Fsp3) is 0.250. The molecule has 36 heavy (non-hydrogen) atoms. The Morgan fingerprint density at radius 3 is 2.42 bits per heavy atom. The number of anilines is 2. The van der Waals surface area contributed by atoms with Gasteiger partial charge >= 0.3 is 6.36 Å². The topological polar surface area (TPSA) is 106 Å². The maximum atomic E-state index is 12.9. The van der Waals surface area contributed by atoms with Crippen LogP contribution in [0.3, 0.4) is 0 Å². The summed E-state index contributed by atoms with van der Waals surface area (Å²) in [7, 11) is 0. The van der Waals surface area contributed by atoms with E-state index in [9.17, 15) is 22.8 Å². The Bertz CT molecular complexity index is 1200. The molecule has 1 aromatic heterocycles. The lowest BCUT2D eigenvalue weighted by atomic mass is 10.1. The average molecular weight is 501 g/mol. The summed E-state index contributed by atoms with van der Waals surface area (Å²) < 4.78 is 47.9. The molecule has 9 nitrogen and oxygen atoms in total. The highest BCUT2D eigenvalue weighted by Gasteiger charge is 2.32. The number of nitrogens with one attached hydrogen (secondary N) is 2. The van der Waals surface area contributed by atoms with Gasteiger partial charge in [0, 0.05) is 24.2 Å². The number of hydrogen-bond donors (Lipinski definition) is 2. The lowest BCUT2D eigenvalue weighted by molar-refractivity contribution is -0.274. The molecule has 0 spiro atoms. The van der Waals surface area contributed by atoms with Crippen LogP contribution >= 0.6 is 0 Å². The molecule has 0 aliphatic carbocycles. The van der Waals surface area contributed by atoms with E-state index in [0.717, 1.165) is 23.8 Å². The van der Waals surface area contributed by atoms with Crippen molar-refractivity contribution in [2.24, 2.45) is 0 Å². The van der Waals surface area contributed by atoms with E-state index in [4.69, 9.17) is 4.74 Å². The first kappa shape index (κ1) is 25.1. The highest BCUT2D eigenvalue weighted by Crippen LogP contribution is 2.31. The molecule has 0 atom stereocenters. The van der Waals surface area contributed by atoms with Crippen LogP contribution in [0.2, 0.25) is 0 Å². The molecule has 2 heterocycles. The van der Waals surface area contributed by atoms with Gasteiger partial charge < -0.3 is 20.1 Å². The molecule has 0 radical (unpaired) electrons. The molecule has 0 bridgehead atoms. The number of nitrogens with zero attached hydrogens (tertiary/aromatic N) is 3. The third-order valence-corrected chi connectivity index (χ3v) is 5.18. The van der Waals surface area contributed by atoms with Crippen LogP contribution in [0.15, 0.2) is 60.9 Å². The Morgan fingerprint density at radius 2 is 1.75 bits per heavy atom. The van der Waals surface area contributed by atoms with Gasteiger partial charge in [-0.2, -0.15) is 0 Å². The summed E-state index contributed by atoms with van der Waals surface area (Å²) in [5.41, 5.74) is 1.15. The second-order valence-corrected chi connectivity index (χ2v) is 7.80. The van der Waals surface area contributed by atoms with Gasteiger partial charge in [-0.25, -0.2) is 4.98 Å². The molecule has 1 saturated heterocycles. The maximum Gasteiger partial charge on any atom is 0.573 e. The summed E-state index contributed by atoms with van der Waals surface area (Å²) in [4.78, 5) is 35.5. The van der Waals surface area contributed by atoms with E-state index >= 15 is 0 Å². The molecular formula is C24H22F3N5O4. The van der Waals surface area contributed by atoms with Gasteiger partial charge in [0.25, 0.3) is 5.91 Å². The van der Waals surface area contributed by atoms with Gasteiger partial charge in [0.05, 0.1) is 43.5 Å². The second kappa shape index (κ2) is 11.1. The number of aromatic nitrogens is 2. The van der Waals surface area contributed by atoms with Crippen LogP contribution in [0.25, 0.3) is 11.3 Å². The predicted octanol–water partition coefficient (Wildman–Crippen LogP) is 3.57.